The molecule has 2 rings (SSSR count). The predicted molar refractivity (Wildman–Crippen MR) is 65.4 cm³/mol. The van der Waals surface area contributed by atoms with Gasteiger partial charge in [0, 0.05) is 18.9 Å². The lowest BCUT2D eigenvalue weighted by Crippen LogP contribution is -2.25. The van der Waals surface area contributed by atoms with Gasteiger partial charge in [-0.2, -0.15) is 0 Å². The molecule has 0 unspecified atom stereocenters. The monoisotopic (exact) mass is 262 g/mol. The minimum atomic E-state index is -3.02. The SMILES string of the molecule is Cl.O=S(=O)(Cc1cccnc1)[C@@H]1CCNC1. The van der Waals surface area contributed by atoms with Crippen LogP contribution in [-0.2, 0) is 15.6 Å². The molecule has 0 aromatic carbocycles. The summed E-state index contributed by atoms with van der Waals surface area (Å²) in [6, 6.07) is 3.56. The van der Waals surface area contributed by atoms with E-state index in [1.807, 2.05) is 0 Å². The lowest BCUT2D eigenvalue weighted by Gasteiger charge is -2.09. The van der Waals surface area contributed by atoms with Crippen LogP contribution in [0.4, 0.5) is 0 Å². The summed E-state index contributed by atoms with van der Waals surface area (Å²) in [6.45, 7) is 1.39. The van der Waals surface area contributed by atoms with Crippen LogP contribution < -0.4 is 5.32 Å². The van der Waals surface area contributed by atoms with Gasteiger partial charge in [0.15, 0.2) is 9.84 Å². The first-order valence-corrected chi connectivity index (χ1v) is 6.71. The van der Waals surface area contributed by atoms with Crippen LogP contribution in [0.3, 0.4) is 0 Å². The number of hydrogen-bond donors (Lipinski definition) is 1. The molecule has 90 valence electrons. The van der Waals surface area contributed by atoms with Crippen molar-refractivity contribution in [2.45, 2.75) is 17.4 Å². The van der Waals surface area contributed by atoms with Crippen molar-refractivity contribution < 1.29 is 8.42 Å². The van der Waals surface area contributed by atoms with Gasteiger partial charge >= 0.3 is 0 Å². The van der Waals surface area contributed by atoms with Crippen LogP contribution >= 0.6 is 12.4 Å². The Labute approximate surface area is 102 Å². The largest absolute Gasteiger partial charge is 0.315 e. The standard InChI is InChI=1S/C10H14N2O2S.ClH/c13-15(14,10-3-5-12-7-10)8-9-2-1-4-11-6-9;/h1-2,4,6,10,12H,3,5,7-8H2;1H/t10-;/m1./s1. The molecule has 16 heavy (non-hydrogen) atoms. The molecule has 1 atom stereocenters. The number of sulfone groups is 1. The van der Waals surface area contributed by atoms with E-state index in [9.17, 15) is 8.42 Å². The summed E-state index contributed by atoms with van der Waals surface area (Å²) < 4.78 is 23.9. The molecular weight excluding hydrogens is 248 g/mol. The fraction of sp³-hybridized carbons (Fsp3) is 0.500. The molecule has 1 aromatic heterocycles. The first kappa shape index (κ1) is 13.4. The number of nitrogens with zero attached hydrogens (tertiary/aromatic N) is 1. The highest BCUT2D eigenvalue weighted by atomic mass is 35.5. The summed E-state index contributed by atoms with van der Waals surface area (Å²) in [4.78, 5) is 3.92. The van der Waals surface area contributed by atoms with Crippen LogP contribution in [0.1, 0.15) is 12.0 Å². The van der Waals surface area contributed by atoms with Gasteiger partial charge in [0.25, 0.3) is 0 Å². The maximum Gasteiger partial charge on any atom is 0.158 e. The summed E-state index contributed by atoms with van der Waals surface area (Å²) >= 11 is 0. The fourth-order valence-corrected chi connectivity index (χ4v) is 3.49. The number of pyridine rings is 1. The first-order chi connectivity index (χ1) is 7.18. The Hall–Kier alpha value is -0.650. The Balaban J connectivity index is 0.00000128. The van der Waals surface area contributed by atoms with E-state index in [-0.39, 0.29) is 23.4 Å². The maximum absolute atomic E-state index is 11.9. The number of halogens is 1. The first-order valence-electron chi connectivity index (χ1n) is 5.00. The van der Waals surface area contributed by atoms with Gasteiger partial charge < -0.3 is 5.32 Å². The number of nitrogens with one attached hydrogen (secondary N) is 1. The van der Waals surface area contributed by atoms with E-state index in [1.165, 1.54) is 0 Å². The molecule has 1 aliphatic rings. The molecule has 1 saturated heterocycles. The van der Waals surface area contributed by atoms with E-state index in [0.717, 1.165) is 18.5 Å². The third kappa shape index (κ3) is 3.17. The van der Waals surface area contributed by atoms with Gasteiger partial charge in [0.2, 0.25) is 0 Å². The van der Waals surface area contributed by atoms with Crippen molar-refractivity contribution in [1.82, 2.24) is 10.3 Å². The zero-order chi connectivity index (χ0) is 10.7. The minimum Gasteiger partial charge on any atom is -0.315 e. The Morgan fingerprint density at radius 1 is 1.50 bits per heavy atom. The smallest absolute Gasteiger partial charge is 0.158 e. The summed E-state index contributed by atoms with van der Waals surface area (Å²) in [5.41, 5.74) is 0.768. The fourth-order valence-electron chi connectivity index (χ4n) is 1.77. The Morgan fingerprint density at radius 3 is 2.88 bits per heavy atom. The Kier molecular flexibility index (Phi) is 4.70. The van der Waals surface area contributed by atoms with Crippen LogP contribution in [-0.4, -0.2) is 31.7 Å². The zero-order valence-electron chi connectivity index (χ0n) is 8.80. The average Bonchev–Trinajstić information content (AvgIpc) is 2.71. The van der Waals surface area contributed by atoms with Crippen molar-refractivity contribution in [1.29, 1.82) is 0 Å². The summed E-state index contributed by atoms with van der Waals surface area (Å²) in [5.74, 6) is 0.104. The van der Waals surface area contributed by atoms with Gasteiger partial charge in [0.1, 0.15) is 0 Å². The molecule has 0 aliphatic carbocycles. The van der Waals surface area contributed by atoms with E-state index in [2.05, 4.69) is 10.3 Å². The van der Waals surface area contributed by atoms with Crippen LogP contribution in [0.15, 0.2) is 24.5 Å². The van der Waals surface area contributed by atoms with Crippen LogP contribution in [0.2, 0.25) is 0 Å². The summed E-state index contributed by atoms with van der Waals surface area (Å²) in [5, 5.41) is 2.85. The molecule has 0 bridgehead atoms. The highest BCUT2D eigenvalue weighted by Crippen LogP contribution is 2.15. The summed E-state index contributed by atoms with van der Waals surface area (Å²) in [7, 11) is -3.02. The predicted octanol–water partition coefficient (Wildman–Crippen LogP) is 0.780. The van der Waals surface area contributed by atoms with Crippen molar-refractivity contribution in [2.24, 2.45) is 0 Å². The third-order valence-corrected chi connectivity index (χ3v) is 4.77. The average molecular weight is 263 g/mol. The maximum atomic E-state index is 11.9. The van der Waals surface area contributed by atoms with Gasteiger partial charge in [-0.1, -0.05) is 6.07 Å². The molecule has 0 radical (unpaired) electrons. The lowest BCUT2D eigenvalue weighted by molar-refractivity contribution is 0.582. The molecule has 6 heteroatoms. The molecule has 1 aliphatic heterocycles. The van der Waals surface area contributed by atoms with Gasteiger partial charge in [-0.25, -0.2) is 8.42 Å². The van der Waals surface area contributed by atoms with E-state index in [0.29, 0.717) is 6.54 Å². The van der Waals surface area contributed by atoms with E-state index in [1.54, 1.807) is 24.5 Å². The van der Waals surface area contributed by atoms with E-state index >= 15 is 0 Å². The Bertz CT molecular complexity index is 416. The minimum absolute atomic E-state index is 0. The normalized spacial score (nSPS) is 20.4. The van der Waals surface area contributed by atoms with Crippen molar-refractivity contribution in [3.05, 3.63) is 30.1 Å². The highest BCUT2D eigenvalue weighted by Gasteiger charge is 2.28. The molecule has 1 aromatic rings. The quantitative estimate of drug-likeness (QED) is 0.875. The lowest BCUT2D eigenvalue weighted by atomic mass is 10.3. The topological polar surface area (TPSA) is 59.1 Å². The van der Waals surface area contributed by atoms with Gasteiger partial charge in [-0.3, -0.25) is 4.98 Å². The Morgan fingerprint density at radius 2 is 2.31 bits per heavy atom. The van der Waals surface area contributed by atoms with E-state index in [4.69, 9.17) is 0 Å². The molecule has 0 spiro atoms. The molecule has 0 saturated carbocycles. The molecular formula is C10H15ClN2O2S. The number of hydrogen-bond acceptors (Lipinski definition) is 4. The molecule has 0 amide bonds. The van der Waals surface area contributed by atoms with Crippen LogP contribution in [0.5, 0.6) is 0 Å². The van der Waals surface area contributed by atoms with Crippen molar-refractivity contribution >= 4 is 22.2 Å². The van der Waals surface area contributed by atoms with Crippen LogP contribution in [0, 0.1) is 0 Å². The third-order valence-electron chi connectivity index (χ3n) is 2.61. The second-order valence-electron chi connectivity index (χ2n) is 3.78. The summed E-state index contributed by atoms with van der Waals surface area (Å²) in [6.07, 6.45) is 3.98. The van der Waals surface area contributed by atoms with Crippen molar-refractivity contribution in [3.8, 4) is 0 Å². The zero-order valence-corrected chi connectivity index (χ0v) is 10.4. The van der Waals surface area contributed by atoms with Crippen LogP contribution in [0.25, 0.3) is 0 Å². The highest BCUT2D eigenvalue weighted by molar-refractivity contribution is 7.91. The van der Waals surface area contributed by atoms with Crippen molar-refractivity contribution in [3.63, 3.8) is 0 Å². The van der Waals surface area contributed by atoms with Gasteiger partial charge in [0.05, 0.1) is 11.0 Å². The van der Waals surface area contributed by atoms with Crippen molar-refractivity contribution in [2.75, 3.05) is 13.1 Å². The molecule has 1 fully saturated rings. The molecule has 2 heterocycles. The number of rotatable bonds is 3. The van der Waals surface area contributed by atoms with Gasteiger partial charge in [-0.05, 0) is 24.6 Å². The second kappa shape index (κ2) is 5.61. The second-order valence-corrected chi connectivity index (χ2v) is 6.06. The molecule has 1 N–H and O–H groups in total. The van der Waals surface area contributed by atoms with Gasteiger partial charge in [-0.15, -0.1) is 12.4 Å². The number of aromatic nitrogens is 1. The molecule has 4 nitrogen and oxygen atoms in total. The van der Waals surface area contributed by atoms with E-state index < -0.39 is 9.84 Å².